The number of aromatic nitrogens is 1. The van der Waals surface area contributed by atoms with E-state index in [-0.39, 0.29) is 0 Å². The van der Waals surface area contributed by atoms with Crippen molar-refractivity contribution in [1.82, 2.24) is 8.44 Å². The summed E-state index contributed by atoms with van der Waals surface area (Å²) in [5, 5.41) is 0.560. The second-order valence-corrected chi connectivity index (χ2v) is 7.60. The molecule has 1 aliphatic heterocycles. The van der Waals surface area contributed by atoms with Gasteiger partial charge in [-0.3, -0.25) is 4.79 Å². The first-order valence-electron chi connectivity index (χ1n) is 6.51. The summed E-state index contributed by atoms with van der Waals surface area (Å²) in [7, 11) is -3.95. The molecule has 1 aliphatic rings. The highest BCUT2D eigenvalue weighted by molar-refractivity contribution is 9.10. The minimum absolute atomic E-state index is 0.302. The molecular weight excluding hydrogens is 372 g/mol. The number of hydrogen-bond acceptors (Lipinski definition) is 4. The second kappa shape index (κ2) is 5.22. The van der Waals surface area contributed by atoms with E-state index in [1.807, 2.05) is 0 Å². The molecule has 0 N–H and O–H groups in total. The first kappa shape index (κ1) is 15.3. The second-order valence-electron chi connectivity index (χ2n) is 5.03. The molecule has 0 amide bonds. The highest BCUT2D eigenvalue weighted by atomic mass is 79.9. The Hall–Kier alpha value is -1.64. The Morgan fingerprint density at radius 2 is 2.09 bits per heavy atom. The van der Waals surface area contributed by atoms with Crippen LogP contribution in [0.3, 0.4) is 0 Å². The molecule has 6 nitrogen and oxygen atoms in total. The van der Waals surface area contributed by atoms with Gasteiger partial charge in [0.15, 0.2) is 6.29 Å². The zero-order valence-electron chi connectivity index (χ0n) is 11.9. The molecule has 1 unspecified atom stereocenters. The maximum Gasteiger partial charge on any atom is 0.339 e. The molecule has 22 heavy (non-hydrogen) atoms. The molecule has 1 aromatic carbocycles. The molecule has 8 heteroatoms. The lowest BCUT2D eigenvalue weighted by Crippen LogP contribution is -2.37. The predicted molar refractivity (Wildman–Crippen MR) is 85.5 cm³/mol. The van der Waals surface area contributed by atoms with Crippen LogP contribution < -0.4 is 0 Å². The number of carbonyl (C=O) groups is 1. The number of fused-ring (bicyclic) bond motifs is 1. The molecule has 116 valence electrons. The van der Waals surface area contributed by atoms with Gasteiger partial charge in [-0.1, -0.05) is 15.9 Å². The lowest BCUT2D eigenvalue weighted by molar-refractivity contribution is -0.0269. The van der Waals surface area contributed by atoms with E-state index in [9.17, 15) is 13.2 Å². The van der Waals surface area contributed by atoms with Gasteiger partial charge in [0.2, 0.25) is 0 Å². The lowest BCUT2D eigenvalue weighted by Gasteiger charge is -2.20. The Morgan fingerprint density at radius 3 is 2.68 bits per heavy atom. The molecule has 0 saturated carbocycles. The number of nitrogens with zero attached hydrogens (tertiary/aromatic N) is 2. The number of benzene rings is 1. The van der Waals surface area contributed by atoms with Crippen molar-refractivity contribution < 1.29 is 18.0 Å². The molecule has 2 heterocycles. The molecule has 0 bridgehead atoms. The fourth-order valence-corrected chi connectivity index (χ4v) is 4.36. The largest absolute Gasteiger partial charge is 0.394 e. The van der Waals surface area contributed by atoms with E-state index in [0.29, 0.717) is 28.5 Å². The number of carbonyl (C=O) groups excluding carboxylic acids is 1. The standard InChI is InChI=1S/C14H13BrN2O4S/c1-9-5-10(2)21-17(9)22(19,20)16-7-11(8-18)13-6-12(15)3-4-14(13)16/h3-9H,1-2H3. The van der Waals surface area contributed by atoms with E-state index in [1.54, 1.807) is 38.1 Å². The van der Waals surface area contributed by atoms with Crippen molar-refractivity contribution in [3.8, 4) is 0 Å². The summed E-state index contributed by atoms with van der Waals surface area (Å²) in [5.41, 5.74) is 0.724. The number of hydrogen-bond donors (Lipinski definition) is 0. The molecule has 0 fully saturated rings. The van der Waals surface area contributed by atoms with Crippen LogP contribution in [0.15, 0.2) is 40.7 Å². The average molecular weight is 385 g/mol. The molecule has 1 aromatic heterocycles. The Labute approximate surface area is 136 Å². The van der Waals surface area contributed by atoms with Crippen LogP contribution in [0.25, 0.3) is 10.9 Å². The van der Waals surface area contributed by atoms with Crippen molar-refractivity contribution in [3.05, 3.63) is 46.3 Å². The minimum Gasteiger partial charge on any atom is -0.394 e. The van der Waals surface area contributed by atoms with Crippen LogP contribution in [0.1, 0.15) is 24.2 Å². The van der Waals surface area contributed by atoms with Gasteiger partial charge >= 0.3 is 10.2 Å². The summed E-state index contributed by atoms with van der Waals surface area (Å²) in [6.07, 6.45) is 3.65. The van der Waals surface area contributed by atoms with Crippen molar-refractivity contribution in [2.75, 3.05) is 0 Å². The topological polar surface area (TPSA) is 68.6 Å². The van der Waals surface area contributed by atoms with Gasteiger partial charge < -0.3 is 4.84 Å². The summed E-state index contributed by atoms with van der Waals surface area (Å²) >= 11 is 3.32. The van der Waals surface area contributed by atoms with Crippen LogP contribution in [-0.2, 0) is 15.0 Å². The Kier molecular flexibility index (Phi) is 3.62. The van der Waals surface area contributed by atoms with Gasteiger partial charge in [-0.2, -0.15) is 8.42 Å². The van der Waals surface area contributed by atoms with Gasteiger partial charge in [0, 0.05) is 21.6 Å². The minimum atomic E-state index is -3.95. The monoisotopic (exact) mass is 384 g/mol. The fraction of sp³-hybridized carbons (Fsp3) is 0.214. The van der Waals surface area contributed by atoms with E-state index >= 15 is 0 Å². The first-order chi connectivity index (χ1) is 10.3. The zero-order chi connectivity index (χ0) is 16.1. The van der Waals surface area contributed by atoms with E-state index in [4.69, 9.17) is 4.84 Å². The number of hydroxylamine groups is 1. The average Bonchev–Trinajstić information content (AvgIpc) is 2.99. The molecule has 3 rings (SSSR count). The lowest BCUT2D eigenvalue weighted by atomic mass is 10.2. The molecule has 1 atom stereocenters. The van der Waals surface area contributed by atoms with Gasteiger partial charge in [0.05, 0.1) is 11.6 Å². The summed E-state index contributed by atoms with van der Waals surface area (Å²) < 4.78 is 28.4. The van der Waals surface area contributed by atoms with Crippen LogP contribution in [0, 0.1) is 0 Å². The van der Waals surface area contributed by atoms with Crippen LogP contribution in [0.5, 0.6) is 0 Å². The Bertz CT molecular complexity index is 901. The van der Waals surface area contributed by atoms with Crippen molar-refractivity contribution in [1.29, 1.82) is 0 Å². The van der Waals surface area contributed by atoms with Crippen molar-refractivity contribution in [2.45, 2.75) is 19.9 Å². The third kappa shape index (κ3) is 2.27. The summed E-state index contributed by atoms with van der Waals surface area (Å²) in [6.45, 7) is 3.41. The van der Waals surface area contributed by atoms with E-state index in [1.165, 1.54) is 6.20 Å². The van der Waals surface area contributed by atoms with Gasteiger partial charge in [-0.15, -0.1) is 0 Å². The van der Waals surface area contributed by atoms with Gasteiger partial charge in [0.25, 0.3) is 0 Å². The van der Waals surface area contributed by atoms with Crippen LogP contribution in [0.4, 0.5) is 0 Å². The molecule has 0 saturated heterocycles. The van der Waals surface area contributed by atoms with Crippen molar-refractivity contribution in [2.24, 2.45) is 0 Å². The molecule has 0 radical (unpaired) electrons. The molecule has 0 spiro atoms. The van der Waals surface area contributed by atoms with E-state index in [2.05, 4.69) is 15.9 Å². The fourth-order valence-electron chi connectivity index (χ4n) is 2.48. The summed E-state index contributed by atoms with van der Waals surface area (Å²) in [4.78, 5) is 16.5. The maximum atomic E-state index is 12.8. The number of allylic oxidation sites excluding steroid dienone is 1. The number of rotatable bonds is 3. The predicted octanol–water partition coefficient (Wildman–Crippen LogP) is 2.85. The summed E-state index contributed by atoms with van der Waals surface area (Å²) in [5.74, 6) is 0.519. The van der Waals surface area contributed by atoms with E-state index < -0.39 is 16.3 Å². The highest BCUT2D eigenvalue weighted by Crippen LogP contribution is 2.29. The zero-order valence-corrected chi connectivity index (χ0v) is 14.3. The van der Waals surface area contributed by atoms with Gasteiger partial charge in [-0.25, -0.2) is 3.97 Å². The van der Waals surface area contributed by atoms with Crippen LogP contribution >= 0.6 is 15.9 Å². The smallest absolute Gasteiger partial charge is 0.339 e. The first-order valence-corrected chi connectivity index (χ1v) is 8.70. The molecular formula is C14H13BrN2O4S. The molecule has 2 aromatic rings. The third-order valence-corrected chi connectivity index (χ3v) is 5.56. The van der Waals surface area contributed by atoms with E-state index in [0.717, 1.165) is 12.9 Å². The van der Waals surface area contributed by atoms with Gasteiger partial charge in [-0.05, 0) is 42.6 Å². The molecule has 0 aliphatic carbocycles. The Balaban J connectivity index is 2.20. The Morgan fingerprint density at radius 1 is 1.36 bits per heavy atom. The highest BCUT2D eigenvalue weighted by Gasteiger charge is 2.35. The van der Waals surface area contributed by atoms with Crippen molar-refractivity contribution >= 4 is 43.3 Å². The quantitative estimate of drug-likeness (QED) is 0.762. The van der Waals surface area contributed by atoms with Crippen LogP contribution in [-0.4, -0.2) is 29.2 Å². The van der Waals surface area contributed by atoms with Gasteiger partial charge in [0.1, 0.15) is 5.76 Å². The normalized spacial score (nSPS) is 19.2. The number of halogens is 1. The third-order valence-electron chi connectivity index (χ3n) is 3.41. The number of aldehydes is 1. The summed E-state index contributed by atoms with van der Waals surface area (Å²) in [6, 6.07) is 4.66. The van der Waals surface area contributed by atoms with Crippen LogP contribution in [0.2, 0.25) is 0 Å². The maximum absolute atomic E-state index is 12.8. The SMILES string of the molecule is CC1=CC(C)N(S(=O)(=O)n2cc(C=O)c3cc(Br)ccc32)O1. The van der Waals surface area contributed by atoms with Crippen molar-refractivity contribution in [3.63, 3.8) is 0 Å².